The molecule has 0 fully saturated rings. The molecule has 0 aliphatic rings. The van der Waals surface area contributed by atoms with Crippen molar-refractivity contribution in [2.24, 2.45) is 0 Å². The van der Waals surface area contributed by atoms with Crippen molar-refractivity contribution in [3.63, 3.8) is 0 Å². The predicted molar refractivity (Wildman–Crippen MR) is 54.5 cm³/mol. The molecule has 0 saturated carbocycles. The Morgan fingerprint density at radius 1 is 1.21 bits per heavy atom. The van der Waals surface area contributed by atoms with E-state index in [1.165, 1.54) is 0 Å². The summed E-state index contributed by atoms with van der Waals surface area (Å²) in [7, 11) is -4.67. The van der Waals surface area contributed by atoms with E-state index in [-0.39, 0.29) is 0 Å². The van der Waals surface area contributed by atoms with Crippen LogP contribution in [-0.4, -0.2) is 17.5 Å². The summed E-state index contributed by atoms with van der Waals surface area (Å²) in [6, 6.07) is 5.17. The van der Waals surface area contributed by atoms with Gasteiger partial charge in [0.05, 0.1) is 16.4 Å². The molecule has 1 aromatic rings. The molecule has 8 heteroatoms. The van der Waals surface area contributed by atoms with Gasteiger partial charge < -0.3 is 11.5 Å². The van der Waals surface area contributed by atoms with Crippen molar-refractivity contribution in [1.29, 1.82) is 0 Å². The first-order valence-corrected chi connectivity index (χ1v) is 4.98. The van der Waals surface area contributed by atoms with Crippen molar-refractivity contribution in [2.45, 2.75) is 0 Å². The number of anilines is 2. The molecule has 14 heavy (non-hydrogen) atoms. The minimum atomic E-state index is -4.67. The third kappa shape index (κ3) is 6.49. The fourth-order valence-corrected chi connectivity index (χ4v) is 0.736. The number of hydrogen-bond donors (Lipinski definition) is 4. The maximum atomic E-state index is 8.74. The molecule has 1 rings (SSSR count). The molecule has 1 aromatic carbocycles. The molecule has 0 aromatic heterocycles. The summed E-state index contributed by atoms with van der Waals surface area (Å²) >= 11 is 5.61. The number of para-hydroxylation sites is 1. The van der Waals surface area contributed by atoms with E-state index in [9.17, 15) is 0 Å². The zero-order valence-electron chi connectivity index (χ0n) is 6.88. The van der Waals surface area contributed by atoms with Crippen molar-refractivity contribution in [3.8, 4) is 0 Å². The molecule has 80 valence electrons. The predicted octanol–water partition coefficient (Wildman–Crippen LogP) is 0.852. The topological polar surface area (TPSA) is 127 Å². The highest BCUT2D eigenvalue weighted by Crippen LogP contribution is 2.23. The number of halogens is 1. The van der Waals surface area contributed by atoms with Crippen molar-refractivity contribution < 1.29 is 17.5 Å². The second-order valence-corrected chi connectivity index (χ2v) is 3.49. The summed E-state index contributed by atoms with van der Waals surface area (Å²) in [5, 5.41) is 0.509. The summed E-state index contributed by atoms with van der Waals surface area (Å²) in [5.74, 6) is 0. The number of nitrogens with two attached hydrogens (primary N) is 2. The molecular weight excluding hydrogens is 232 g/mol. The molecular formula is C6H9ClN2O4S. The lowest BCUT2D eigenvalue weighted by molar-refractivity contribution is 0.381. The Balaban J connectivity index is 0.000000292. The molecule has 0 spiro atoms. The SMILES string of the molecule is Nc1cccc(Cl)c1N.O=S(=O)(O)O. The fourth-order valence-electron chi connectivity index (χ4n) is 0.554. The third-order valence-electron chi connectivity index (χ3n) is 1.09. The quantitative estimate of drug-likeness (QED) is 0.393. The molecule has 0 aliphatic carbocycles. The minimum absolute atomic E-state index is 0.458. The van der Waals surface area contributed by atoms with Crippen LogP contribution in [0.2, 0.25) is 5.02 Å². The molecule has 0 aliphatic heterocycles. The molecule has 0 radical (unpaired) electrons. The summed E-state index contributed by atoms with van der Waals surface area (Å²) < 4.78 is 31.6. The van der Waals surface area contributed by atoms with Gasteiger partial charge >= 0.3 is 10.4 Å². The lowest BCUT2D eigenvalue weighted by atomic mass is 10.3. The average molecular weight is 241 g/mol. The highest BCUT2D eigenvalue weighted by atomic mass is 35.5. The minimum Gasteiger partial charge on any atom is -0.397 e. The first-order chi connectivity index (χ1) is 6.22. The zero-order chi connectivity index (χ0) is 11.4. The van der Waals surface area contributed by atoms with Gasteiger partial charge in [0.2, 0.25) is 0 Å². The first-order valence-electron chi connectivity index (χ1n) is 3.21. The van der Waals surface area contributed by atoms with Gasteiger partial charge in [0.25, 0.3) is 0 Å². The van der Waals surface area contributed by atoms with Gasteiger partial charge in [-0.3, -0.25) is 9.11 Å². The van der Waals surface area contributed by atoms with Crippen LogP contribution in [0.15, 0.2) is 18.2 Å². The van der Waals surface area contributed by atoms with E-state index in [2.05, 4.69) is 0 Å². The van der Waals surface area contributed by atoms with Crippen LogP contribution >= 0.6 is 11.6 Å². The number of nitrogen functional groups attached to an aromatic ring is 2. The van der Waals surface area contributed by atoms with Gasteiger partial charge in [0.15, 0.2) is 0 Å². The first kappa shape index (κ1) is 13.0. The van der Waals surface area contributed by atoms with E-state index in [1.54, 1.807) is 18.2 Å². The Morgan fingerprint density at radius 3 is 1.93 bits per heavy atom. The molecule has 6 N–H and O–H groups in total. The highest BCUT2D eigenvalue weighted by Gasteiger charge is 1.95. The molecule has 0 amide bonds. The van der Waals surface area contributed by atoms with E-state index in [0.717, 1.165) is 0 Å². The second-order valence-electron chi connectivity index (χ2n) is 2.19. The summed E-state index contributed by atoms with van der Waals surface area (Å²) in [6.07, 6.45) is 0. The van der Waals surface area contributed by atoms with Gasteiger partial charge in [-0.1, -0.05) is 17.7 Å². The number of hydrogen-bond acceptors (Lipinski definition) is 4. The van der Waals surface area contributed by atoms with Gasteiger partial charge in [-0.2, -0.15) is 8.42 Å². The van der Waals surface area contributed by atoms with Crippen LogP contribution < -0.4 is 11.5 Å². The van der Waals surface area contributed by atoms with Crippen LogP contribution in [0.4, 0.5) is 11.4 Å². The normalized spacial score (nSPS) is 10.2. The Morgan fingerprint density at radius 2 is 1.64 bits per heavy atom. The third-order valence-corrected chi connectivity index (χ3v) is 1.42. The molecule has 0 unspecified atom stereocenters. The van der Waals surface area contributed by atoms with Gasteiger partial charge in [-0.05, 0) is 12.1 Å². The monoisotopic (exact) mass is 240 g/mol. The van der Waals surface area contributed by atoms with Crippen LogP contribution in [0.1, 0.15) is 0 Å². The van der Waals surface area contributed by atoms with E-state index >= 15 is 0 Å². The lowest BCUT2D eigenvalue weighted by Gasteiger charge is -1.98. The summed E-state index contributed by atoms with van der Waals surface area (Å²) in [4.78, 5) is 0. The zero-order valence-corrected chi connectivity index (χ0v) is 8.46. The highest BCUT2D eigenvalue weighted by molar-refractivity contribution is 7.79. The van der Waals surface area contributed by atoms with Crippen LogP contribution in [0.3, 0.4) is 0 Å². The van der Waals surface area contributed by atoms with Crippen molar-refractivity contribution in [3.05, 3.63) is 23.2 Å². The smallest absolute Gasteiger partial charge is 0.394 e. The van der Waals surface area contributed by atoms with E-state index in [4.69, 9.17) is 40.6 Å². The van der Waals surface area contributed by atoms with Crippen molar-refractivity contribution >= 4 is 33.4 Å². The van der Waals surface area contributed by atoms with Gasteiger partial charge in [0, 0.05) is 0 Å². The summed E-state index contributed by atoms with van der Waals surface area (Å²) in [6.45, 7) is 0. The standard InChI is InChI=1S/C6H7ClN2.H2O4S/c7-4-2-1-3-5(8)6(4)9;1-5(2,3)4/h1-3H,8-9H2;(H2,1,2,3,4). The Labute approximate surface area is 86.1 Å². The second kappa shape index (κ2) is 5.01. The molecule has 0 atom stereocenters. The average Bonchev–Trinajstić information content (AvgIpc) is 1.97. The largest absolute Gasteiger partial charge is 0.397 e. The van der Waals surface area contributed by atoms with Crippen LogP contribution in [0.25, 0.3) is 0 Å². The lowest BCUT2D eigenvalue weighted by Crippen LogP contribution is -1.93. The molecule has 6 nitrogen and oxygen atoms in total. The Hall–Kier alpha value is -1.02. The number of benzene rings is 1. The van der Waals surface area contributed by atoms with Crippen LogP contribution in [0, 0.1) is 0 Å². The Kier molecular flexibility index (Phi) is 4.64. The van der Waals surface area contributed by atoms with E-state index in [0.29, 0.717) is 16.4 Å². The van der Waals surface area contributed by atoms with Gasteiger partial charge in [-0.25, -0.2) is 0 Å². The van der Waals surface area contributed by atoms with E-state index < -0.39 is 10.4 Å². The van der Waals surface area contributed by atoms with Gasteiger partial charge in [0.1, 0.15) is 0 Å². The van der Waals surface area contributed by atoms with Crippen molar-refractivity contribution in [1.82, 2.24) is 0 Å². The van der Waals surface area contributed by atoms with Crippen LogP contribution in [0.5, 0.6) is 0 Å². The molecule has 0 saturated heterocycles. The van der Waals surface area contributed by atoms with Crippen LogP contribution in [-0.2, 0) is 10.4 Å². The Bertz CT molecular complexity index is 378. The van der Waals surface area contributed by atoms with Crippen molar-refractivity contribution in [2.75, 3.05) is 11.5 Å². The van der Waals surface area contributed by atoms with Gasteiger partial charge in [-0.15, -0.1) is 0 Å². The molecule has 0 heterocycles. The maximum Gasteiger partial charge on any atom is 0.394 e. The maximum absolute atomic E-state index is 8.74. The number of rotatable bonds is 0. The summed E-state index contributed by atoms with van der Waals surface area (Å²) in [5.41, 5.74) is 11.8. The molecule has 0 bridgehead atoms. The van der Waals surface area contributed by atoms with E-state index in [1.807, 2.05) is 0 Å². The fraction of sp³-hybridized carbons (Fsp3) is 0.